The summed E-state index contributed by atoms with van der Waals surface area (Å²) in [5, 5.41) is 4.68. The van der Waals surface area contributed by atoms with Crippen LogP contribution in [0.5, 0.6) is 5.75 Å². The molecule has 0 bridgehead atoms. The van der Waals surface area contributed by atoms with E-state index in [1.165, 1.54) is 18.0 Å². The molecular weight excluding hydrogens is 336 g/mol. The highest BCUT2D eigenvalue weighted by atomic mass is 32.2. The van der Waals surface area contributed by atoms with Gasteiger partial charge in [0.15, 0.2) is 5.09 Å². The molecule has 0 atom stereocenters. The summed E-state index contributed by atoms with van der Waals surface area (Å²) >= 11 is 1.52. The van der Waals surface area contributed by atoms with E-state index in [1.807, 2.05) is 36.4 Å². The first-order valence-corrected chi connectivity index (χ1v) is 8.36. The highest BCUT2D eigenvalue weighted by molar-refractivity contribution is 7.99. The van der Waals surface area contributed by atoms with Crippen molar-refractivity contribution in [3.8, 4) is 5.75 Å². The molecule has 3 rings (SSSR count). The number of benzene rings is 2. The Balaban J connectivity index is 1.56. The second kappa shape index (κ2) is 8.21. The van der Waals surface area contributed by atoms with Gasteiger partial charge in [-0.05, 0) is 48.5 Å². The Bertz CT molecular complexity index is 858. The summed E-state index contributed by atoms with van der Waals surface area (Å²) in [4.78, 5) is 13.1. The number of rotatable bonds is 6. The largest absolute Gasteiger partial charge is 0.497 e. The van der Waals surface area contributed by atoms with Crippen molar-refractivity contribution in [2.45, 2.75) is 9.99 Å². The van der Waals surface area contributed by atoms with E-state index in [0.29, 0.717) is 17.1 Å². The molecule has 1 aromatic heterocycles. The molecule has 0 unspecified atom stereocenters. The Morgan fingerprint density at radius 1 is 1.08 bits per heavy atom. The standard InChI is InChI=1S/C19H16N2O3S/c1-23-15-9-7-14(8-10-15)19(22)21-20-13-16-11-12-18(24-16)25-17-5-3-2-4-6-17/h2-13H,1H3,(H,21,22)/b20-13-. The Hall–Kier alpha value is -2.99. The van der Waals surface area contributed by atoms with Gasteiger partial charge in [-0.1, -0.05) is 30.0 Å². The maximum atomic E-state index is 12.0. The molecule has 0 aliphatic rings. The number of carbonyl (C=O) groups excluding carboxylic acids is 1. The van der Waals surface area contributed by atoms with Gasteiger partial charge < -0.3 is 9.15 Å². The highest BCUT2D eigenvalue weighted by Crippen LogP contribution is 2.28. The summed E-state index contributed by atoms with van der Waals surface area (Å²) in [7, 11) is 1.58. The zero-order valence-corrected chi connectivity index (χ0v) is 14.3. The lowest BCUT2D eigenvalue weighted by atomic mass is 10.2. The van der Waals surface area contributed by atoms with Crippen molar-refractivity contribution in [1.29, 1.82) is 0 Å². The van der Waals surface area contributed by atoms with Crippen LogP contribution in [0.4, 0.5) is 0 Å². The average Bonchev–Trinajstić information content (AvgIpc) is 3.10. The van der Waals surface area contributed by atoms with E-state index in [9.17, 15) is 4.79 Å². The molecule has 1 amide bonds. The molecule has 25 heavy (non-hydrogen) atoms. The zero-order valence-electron chi connectivity index (χ0n) is 13.5. The Labute approximate surface area is 149 Å². The Morgan fingerprint density at radius 3 is 2.56 bits per heavy atom. The van der Waals surface area contributed by atoms with Crippen LogP contribution in [0, 0.1) is 0 Å². The third-order valence-corrected chi connectivity index (χ3v) is 4.20. The Morgan fingerprint density at radius 2 is 1.84 bits per heavy atom. The van der Waals surface area contributed by atoms with Crippen LogP contribution < -0.4 is 10.2 Å². The first kappa shape index (κ1) is 16.9. The van der Waals surface area contributed by atoms with Gasteiger partial charge in [-0.15, -0.1) is 0 Å². The fraction of sp³-hybridized carbons (Fsp3) is 0.0526. The quantitative estimate of drug-likeness (QED) is 0.533. The van der Waals surface area contributed by atoms with Crippen LogP contribution in [0.2, 0.25) is 0 Å². The third kappa shape index (κ3) is 4.74. The van der Waals surface area contributed by atoms with Gasteiger partial charge in [-0.2, -0.15) is 5.10 Å². The lowest BCUT2D eigenvalue weighted by Crippen LogP contribution is -2.17. The summed E-state index contributed by atoms with van der Waals surface area (Å²) in [6.45, 7) is 0. The fourth-order valence-electron chi connectivity index (χ4n) is 2.02. The maximum absolute atomic E-state index is 12.0. The highest BCUT2D eigenvalue weighted by Gasteiger charge is 2.05. The minimum atomic E-state index is -0.302. The van der Waals surface area contributed by atoms with Gasteiger partial charge in [-0.25, -0.2) is 5.43 Å². The maximum Gasteiger partial charge on any atom is 0.271 e. The zero-order chi connectivity index (χ0) is 17.5. The van der Waals surface area contributed by atoms with Crippen molar-refractivity contribution in [2.75, 3.05) is 7.11 Å². The van der Waals surface area contributed by atoms with E-state index in [0.717, 1.165) is 9.99 Å². The molecule has 0 aliphatic heterocycles. The first-order valence-electron chi connectivity index (χ1n) is 7.55. The minimum Gasteiger partial charge on any atom is -0.497 e. The number of amides is 1. The molecule has 2 aromatic carbocycles. The molecule has 1 N–H and O–H groups in total. The smallest absolute Gasteiger partial charge is 0.271 e. The molecule has 3 aromatic rings. The molecule has 0 aliphatic carbocycles. The molecule has 1 heterocycles. The monoisotopic (exact) mass is 352 g/mol. The van der Waals surface area contributed by atoms with Crippen LogP contribution in [-0.2, 0) is 0 Å². The van der Waals surface area contributed by atoms with E-state index in [4.69, 9.17) is 9.15 Å². The van der Waals surface area contributed by atoms with Gasteiger partial charge in [0.2, 0.25) is 0 Å². The van der Waals surface area contributed by atoms with Crippen LogP contribution >= 0.6 is 11.8 Å². The summed E-state index contributed by atoms with van der Waals surface area (Å²) in [5.41, 5.74) is 2.96. The van der Waals surface area contributed by atoms with E-state index in [1.54, 1.807) is 37.4 Å². The molecular formula is C19H16N2O3S. The van der Waals surface area contributed by atoms with Crippen molar-refractivity contribution in [3.63, 3.8) is 0 Å². The van der Waals surface area contributed by atoms with Crippen molar-refractivity contribution in [1.82, 2.24) is 5.43 Å². The Kier molecular flexibility index (Phi) is 5.53. The van der Waals surface area contributed by atoms with Crippen molar-refractivity contribution in [2.24, 2.45) is 5.10 Å². The topological polar surface area (TPSA) is 63.8 Å². The number of nitrogens with zero attached hydrogens (tertiary/aromatic N) is 1. The molecule has 5 nitrogen and oxygen atoms in total. The molecule has 0 saturated heterocycles. The lowest BCUT2D eigenvalue weighted by molar-refractivity contribution is 0.0955. The van der Waals surface area contributed by atoms with E-state index >= 15 is 0 Å². The van der Waals surface area contributed by atoms with Crippen molar-refractivity contribution < 1.29 is 13.9 Å². The second-order valence-corrected chi connectivity index (χ2v) is 6.08. The second-order valence-electron chi connectivity index (χ2n) is 5.00. The van der Waals surface area contributed by atoms with Crippen LogP contribution in [0.1, 0.15) is 16.1 Å². The number of nitrogens with one attached hydrogen (secondary N) is 1. The number of carbonyl (C=O) groups is 1. The van der Waals surface area contributed by atoms with Gasteiger partial charge in [-0.3, -0.25) is 4.79 Å². The van der Waals surface area contributed by atoms with Crippen molar-refractivity contribution >= 4 is 23.9 Å². The number of methoxy groups -OCH3 is 1. The molecule has 0 spiro atoms. The minimum absolute atomic E-state index is 0.302. The van der Waals surface area contributed by atoms with Gasteiger partial charge in [0.05, 0.1) is 13.3 Å². The molecule has 6 heteroatoms. The van der Waals surface area contributed by atoms with Gasteiger partial charge >= 0.3 is 0 Å². The SMILES string of the molecule is COc1ccc(C(=O)N/N=C\c2ccc(Sc3ccccc3)o2)cc1. The van der Waals surface area contributed by atoms with Gasteiger partial charge in [0.1, 0.15) is 11.5 Å². The third-order valence-electron chi connectivity index (χ3n) is 3.27. The number of hydrazone groups is 1. The molecule has 0 saturated carbocycles. The lowest BCUT2D eigenvalue weighted by Gasteiger charge is -2.01. The first-order chi connectivity index (χ1) is 12.2. The van der Waals surface area contributed by atoms with E-state index in [-0.39, 0.29) is 5.91 Å². The summed E-state index contributed by atoms with van der Waals surface area (Å²) in [5.74, 6) is 0.955. The van der Waals surface area contributed by atoms with Gasteiger partial charge in [0.25, 0.3) is 5.91 Å². The average molecular weight is 352 g/mol. The van der Waals surface area contributed by atoms with Crippen molar-refractivity contribution in [3.05, 3.63) is 78.1 Å². The molecule has 126 valence electrons. The number of hydrogen-bond donors (Lipinski definition) is 1. The van der Waals surface area contributed by atoms with Crippen LogP contribution in [0.3, 0.4) is 0 Å². The molecule has 0 fully saturated rings. The van der Waals surface area contributed by atoms with Crippen LogP contribution in [0.15, 0.2) is 86.2 Å². The number of ether oxygens (including phenoxy) is 1. The van der Waals surface area contributed by atoms with E-state index < -0.39 is 0 Å². The summed E-state index contributed by atoms with van der Waals surface area (Å²) in [6, 6.07) is 20.4. The molecule has 0 radical (unpaired) electrons. The van der Waals surface area contributed by atoms with Crippen LogP contribution in [-0.4, -0.2) is 19.2 Å². The predicted octanol–water partition coefficient (Wildman–Crippen LogP) is 4.20. The van der Waals surface area contributed by atoms with Gasteiger partial charge in [0, 0.05) is 10.5 Å². The number of hydrogen-bond acceptors (Lipinski definition) is 5. The predicted molar refractivity (Wildman–Crippen MR) is 97.3 cm³/mol. The van der Waals surface area contributed by atoms with E-state index in [2.05, 4.69) is 10.5 Å². The fourth-order valence-corrected chi connectivity index (χ4v) is 2.82. The summed E-state index contributed by atoms with van der Waals surface area (Å²) < 4.78 is 10.7. The summed E-state index contributed by atoms with van der Waals surface area (Å²) in [6.07, 6.45) is 1.47. The van der Waals surface area contributed by atoms with Crippen LogP contribution in [0.25, 0.3) is 0 Å². The number of furan rings is 1. The normalized spacial score (nSPS) is 10.8.